The largest absolute Gasteiger partial charge is 0.497 e. The van der Waals surface area contributed by atoms with Crippen LogP contribution in [-0.4, -0.2) is 50.7 Å². The van der Waals surface area contributed by atoms with Crippen molar-refractivity contribution in [2.45, 2.75) is 32.3 Å². The molecule has 1 saturated heterocycles. The summed E-state index contributed by atoms with van der Waals surface area (Å²) in [5, 5.41) is 2.77. The summed E-state index contributed by atoms with van der Waals surface area (Å²) in [7, 11) is 1.42. The molecule has 1 aromatic carbocycles. The maximum Gasteiger partial charge on any atom is 0.387 e. The predicted molar refractivity (Wildman–Crippen MR) is 86.9 cm³/mol. The zero-order chi connectivity index (χ0) is 17.4. The highest BCUT2D eigenvalue weighted by molar-refractivity contribution is 5.97. The molecule has 5 nitrogen and oxygen atoms in total. The standard InChI is InChI=1S/C17H24F2N2O3/c1-23-13-6-7-14(15(12-13)24-17(18)19)16(22)20-8-11-21-9-4-2-3-5-10-21/h6-7,12,17H,2-5,8-11H2,1H3,(H,20,22). The first-order chi connectivity index (χ1) is 11.6. The molecule has 1 aromatic rings. The van der Waals surface area contributed by atoms with Crippen LogP contribution in [-0.2, 0) is 0 Å². The van der Waals surface area contributed by atoms with Crippen molar-refractivity contribution < 1.29 is 23.0 Å². The summed E-state index contributed by atoms with van der Waals surface area (Å²) < 4.78 is 34.5. The molecule has 0 unspecified atom stereocenters. The summed E-state index contributed by atoms with van der Waals surface area (Å²) in [6.07, 6.45) is 4.86. The monoisotopic (exact) mass is 342 g/mol. The second kappa shape index (κ2) is 9.42. The molecular formula is C17H24F2N2O3. The van der Waals surface area contributed by atoms with E-state index in [-0.39, 0.29) is 11.3 Å². The smallest absolute Gasteiger partial charge is 0.387 e. The van der Waals surface area contributed by atoms with Crippen LogP contribution in [0.2, 0.25) is 0 Å². The molecule has 0 bridgehead atoms. The molecule has 1 amide bonds. The van der Waals surface area contributed by atoms with Gasteiger partial charge in [0.05, 0.1) is 12.7 Å². The van der Waals surface area contributed by atoms with Crippen molar-refractivity contribution in [1.29, 1.82) is 0 Å². The number of benzene rings is 1. The molecule has 24 heavy (non-hydrogen) atoms. The molecule has 7 heteroatoms. The Hall–Kier alpha value is -1.89. The van der Waals surface area contributed by atoms with Crippen LogP contribution in [0.1, 0.15) is 36.0 Å². The number of halogens is 2. The number of rotatable bonds is 7. The van der Waals surface area contributed by atoms with Gasteiger partial charge in [0.1, 0.15) is 11.5 Å². The van der Waals surface area contributed by atoms with Crippen molar-refractivity contribution in [1.82, 2.24) is 10.2 Å². The van der Waals surface area contributed by atoms with Crippen LogP contribution in [0.25, 0.3) is 0 Å². The maximum atomic E-state index is 12.5. The van der Waals surface area contributed by atoms with Crippen LogP contribution in [0.4, 0.5) is 8.78 Å². The molecule has 1 fully saturated rings. The van der Waals surface area contributed by atoms with E-state index in [1.54, 1.807) is 6.07 Å². The van der Waals surface area contributed by atoms with E-state index >= 15 is 0 Å². The molecule has 0 radical (unpaired) electrons. The molecule has 0 spiro atoms. The number of nitrogens with one attached hydrogen (secondary N) is 1. The normalized spacial score (nSPS) is 15.8. The van der Waals surface area contributed by atoms with E-state index < -0.39 is 12.5 Å². The molecule has 0 aliphatic carbocycles. The number of hydrogen-bond donors (Lipinski definition) is 1. The van der Waals surface area contributed by atoms with E-state index in [0.29, 0.717) is 12.3 Å². The molecule has 1 aliphatic rings. The fraction of sp³-hybridized carbons (Fsp3) is 0.588. The number of carbonyl (C=O) groups is 1. The summed E-state index contributed by atoms with van der Waals surface area (Å²) in [4.78, 5) is 14.6. The Kier molecular flexibility index (Phi) is 7.24. The Balaban J connectivity index is 1.93. The maximum absolute atomic E-state index is 12.5. The van der Waals surface area contributed by atoms with Crippen molar-refractivity contribution in [3.8, 4) is 11.5 Å². The Morgan fingerprint density at radius 1 is 1.25 bits per heavy atom. The van der Waals surface area contributed by atoms with E-state index in [0.717, 1.165) is 19.6 Å². The van der Waals surface area contributed by atoms with Gasteiger partial charge < -0.3 is 19.7 Å². The zero-order valence-electron chi connectivity index (χ0n) is 13.9. The average molecular weight is 342 g/mol. The van der Waals surface area contributed by atoms with Gasteiger partial charge in [0.15, 0.2) is 0 Å². The number of nitrogens with zero attached hydrogens (tertiary/aromatic N) is 1. The van der Waals surface area contributed by atoms with E-state index in [1.807, 2.05) is 0 Å². The van der Waals surface area contributed by atoms with Gasteiger partial charge in [-0.1, -0.05) is 12.8 Å². The number of carbonyl (C=O) groups excluding carboxylic acids is 1. The van der Waals surface area contributed by atoms with Gasteiger partial charge in [-0.2, -0.15) is 8.78 Å². The lowest BCUT2D eigenvalue weighted by Crippen LogP contribution is -2.35. The van der Waals surface area contributed by atoms with Crippen LogP contribution < -0.4 is 14.8 Å². The third-order valence-corrected chi connectivity index (χ3v) is 4.06. The Morgan fingerprint density at radius 2 is 1.96 bits per heavy atom. The first-order valence-electron chi connectivity index (χ1n) is 8.23. The molecule has 134 valence electrons. The van der Waals surface area contributed by atoms with Crippen LogP contribution in [0.5, 0.6) is 11.5 Å². The quantitative estimate of drug-likeness (QED) is 0.828. The van der Waals surface area contributed by atoms with Crippen molar-refractivity contribution in [2.75, 3.05) is 33.3 Å². The number of methoxy groups -OCH3 is 1. The summed E-state index contributed by atoms with van der Waals surface area (Å²) in [5.74, 6) is -0.258. The number of hydrogen-bond acceptors (Lipinski definition) is 4. The van der Waals surface area contributed by atoms with Crippen LogP contribution >= 0.6 is 0 Å². The minimum atomic E-state index is -3.00. The summed E-state index contributed by atoms with van der Waals surface area (Å²) >= 11 is 0. The molecule has 1 aliphatic heterocycles. The second-order valence-corrected chi connectivity index (χ2v) is 5.75. The molecule has 2 rings (SSSR count). The highest BCUT2D eigenvalue weighted by Crippen LogP contribution is 2.26. The van der Waals surface area contributed by atoms with Gasteiger partial charge in [0, 0.05) is 19.2 Å². The topological polar surface area (TPSA) is 50.8 Å². The molecular weight excluding hydrogens is 318 g/mol. The van der Waals surface area contributed by atoms with Gasteiger partial charge in [-0.05, 0) is 38.1 Å². The number of amides is 1. The third-order valence-electron chi connectivity index (χ3n) is 4.06. The Morgan fingerprint density at radius 3 is 2.58 bits per heavy atom. The third kappa shape index (κ3) is 5.63. The SMILES string of the molecule is COc1ccc(C(=O)NCCN2CCCCCC2)c(OC(F)F)c1. The summed E-state index contributed by atoms with van der Waals surface area (Å²) in [6.45, 7) is 0.308. The summed E-state index contributed by atoms with van der Waals surface area (Å²) in [5.41, 5.74) is 0.0759. The van der Waals surface area contributed by atoms with Gasteiger partial charge in [-0.15, -0.1) is 0 Å². The van der Waals surface area contributed by atoms with Crippen molar-refractivity contribution in [3.63, 3.8) is 0 Å². The average Bonchev–Trinajstić information content (AvgIpc) is 2.83. The van der Waals surface area contributed by atoms with Crippen LogP contribution in [0.3, 0.4) is 0 Å². The van der Waals surface area contributed by atoms with Gasteiger partial charge >= 0.3 is 6.61 Å². The van der Waals surface area contributed by atoms with Gasteiger partial charge in [0.2, 0.25) is 0 Å². The van der Waals surface area contributed by atoms with Gasteiger partial charge in [-0.3, -0.25) is 4.79 Å². The van der Waals surface area contributed by atoms with E-state index in [4.69, 9.17) is 4.74 Å². The first kappa shape index (κ1) is 18.4. The fourth-order valence-electron chi connectivity index (χ4n) is 2.79. The van der Waals surface area contributed by atoms with E-state index in [9.17, 15) is 13.6 Å². The lowest BCUT2D eigenvalue weighted by atomic mass is 10.1. The Bertz CT molecular complexity index is 533. The highest BCUT2D eigenvalue weighted by atomic mass is 19.3. The zero-order valence-corrected chi connectivity index (χ0v) is 13.9. The lowest BCUT2D eigenvalue weighted by Gasteiger charge is -2.20. The van der Waals surface area contributed by atoms with E-state index in [2.05, 4.69) is 15.0 Å². The van der Waals surface area contributed by atoms with Gasteiger partial charge in [0.25, 0.3) is 5.91 Å². The number of alkyl halides is 2. The van der Waals surface area contributed by atoms with Gasteiger partial charge in [-0.25, -0.2) is 0 Å². The van der Waals surface area contributed by atoms with E-state index in [1.165, 1.54) is 44.9 Å². The van der Waals surface area contributed by atoms with Crippen molar-refractivity contribution >= 4 is 5.91 Å². The minimum absolute atomic E-state index is 0.0759. The first-order valence-corrected chi connectivity index (χ1v) is 8.23. The molecule has 0 aromatic heterocycles. The molecule has 0 saturated carbocycles. The molecule has 0 atom stereocenters. The number of ether oxygens (including phenoxy) is 2. The predicted octanol–water partition coefficient (Wildman–Crippen LogP) is 2.90. The lowest BCUT2D eigenvalue weighted by molar-refractivity contribution is -0.0502. The summed E-state index contributed by atoms with van der Waals surface area (Å²) in [6, 6.07) is 4.26. The van der Waals surface area contributed by atoms with Crippen LogP contribution in [0.15, 0.2) is 18.2 Å². The highest BCUT2D eigenvalue weighted by Gasteiger charge is 2.17. The van der Waals surface area contributed by atoms with Crippen molar-refractivity contribution in [3.05, 3.63) is 23.8 Å². The van der Waals surface area contributed by atoms with Crippen LogP contribution in [0, 0.1) is 0 Å². The molecule has 1 N–H and O–H groups in total. The van der Waals surface area contributed by atoms with Crippen molar-refractivity contribution in [2.24, 2.45) is 0 Å². The Labute approximate surface area is 140 Å². The fourth-order valence-corrected chi connectivity index (χ4v) is 2.79. The minimum Gasteiger partial charge on any atom is -0.497 e. The number of likely N-dealkylation sites (tertiary alicyclic amines) is 1. The molecule has 1 heterocycles. The second-order valence-electron chi connectivity index (χ2n) is 5.75.